The van der Waals surface area contributed by atoms with Crippen molar-refractivity contribution in [2.75, 3.05) is 19.7 Å². The summed E-state index contributed by atoms with van der Waals surface area (Å²) in [7, 11) is 0. The largest absolute Gasteiger partial charge is 0.449 e. The van der Waals surface area contributed by atoms with Crippen molar-refractivity contribution >= 4 is 12.3 Å². The van der Waals surface area contributed by atoms with E-state index in [0.717, 1.165) is 17.6 Å². The Hall–Kier alpha value is -2.30. The first kappa shape index (κ1) is 14.1. The second-order valence-corrected chi connectivity index (χ2v) is 4.58. The van der Waals surface area contributed by atoms with Crippen molar-refractivity contribution in [1.82, 2.24) is 4.90 Å². The third kappa shape index (κ3) is 4.12. The molecule has 0 radical (unpaired) electrons. The van der Waals surface area contributed by atoms with Gasteiger partial charge in [0.25, 0.3) is 0 Å². The molecule has 0 aromatic heterocycles. The molecule has 1 aliphatic rings. The zero-order valence-electron chi connectivity index (χ0n) is 11.2. The molecule has 0 atom stereocenters. The molecule has 1 heterocycles. The van der Waals surface area contributed by atoms with Crippen LogP contribution in [0.2, 0.25) is 0 Å². The molecule has 5 heteroatoms. The minimum absolute atomic E-state index is 0.321. The first-order valence-electron chi connectivity index (χ1n) is 6.61. The Balaban J connectivity index is 1.76. The van der Waals surface area contributed by atoms with Crippen LogP contribution in [0.1, 0.15) is 12.0 Å². The summed E-state index contributed by atoms with van der Waals surface area (Å²) in [5.74, 6) is 0. The predicted molar refractivity (Wildman–Crippen MR) is 76.0 cm³/mol. The normalized spacial score (nSPS) is 15.2. The van der Waals surface area contributed by atoms with Gasteiger partial charge in [0.2, 0.25) is 0 Å². The lowest BCUT2D eigenvalue weighted by Gasteiger charge is -2.25. The van der Waals surface area contributed by atoms with Gasteiger partial charge in [-0.3, -0.25) is 0 Å². The molecule has 0 fully saturated rings. The molecule has 0 saturated carbocycles. The number of nitrogens with zero attached hydrogens (tertiary/aromatic N) is 2. The highest BCUT2D eigenvalue weighted by atomic mass is 16.6. The van der Waals surface area contributed by atoms with Crippen molar-refractivity contribution in [2.24, 2.45) is 5.16 Å². The lowest BCUT2D eigenvalue weighted by molar-refractivity contribution is 0.106. The molecule has 2 rings (SSSR count). The van der Waals surface area contributed by atoms with E-state index in [9.17, 15) is 4.79 Å². The molecule has 0 saturated heterocycles. The van der Waals surface area contributed by atoms with Crippen LogP contribution in [0.15, 0.2) is 47.1 Å². The van der Waals surface area contributed by atoms with Crippen molar-refractivity contribution in [3.05, 3.63) is 47.5 Å². The second-order valence-electron chi connectivity index (χ2n) is 4.58. The smallest absolute Gasteiger partial charge is 0.410 e. The van der Waals surface area contributed by atoms with Gasteiger partial charge in [-0.25, -0.2) is 4.79 Å². The zero-order chi connectivity index (χ0) is 14.2. The second kappa shape index (κ2) is 7.33. The zero-order valence-corrected chi connectivity index (χ0v) is 11.2. The van der Waals surface area contributed by atoms with E-state index in [-0.39, 0.29) is 6.09 Å². The maximum Gasteiger partial charge on any atom is 0.410 e. The van der Waals surface area contributed by atoms with Crippen LogP contribution in [0.5, 0.6) is 0 Å². The van der Waals surface area contributed by atoms with Crippen LogP contribution in [0.3, 0.4) is 0 Å². The molecule has 0 spiro atoms. The van der Waals surface area contributed by atoms with Crippen LogP contribution < -0.4 is 0 Å². The van der Waals surface area contributed by atoms with Gasteiger partial charge in [0.15, 0.2) is 0 Å². The SMILES string of the molecule is O=C(OCCc1ccccc1)N1CCC=C(C=NO)C1. The highest BCUT2D eigenvalue weighted by molar-refractivity contribution is 5.80. The summed E-state index contributed by atoms with van der Waals surface area (Å²) in [5.41, 5.74) is 1.96. The molecule has 0 aliphatic carbocycles. The Morgan fingerprint density at radius 3 is 2.95 bits per heavy atom. The maximum absolute atomic E-state index is 11.9. The number of hydrogen-bond acceptors (Lipinski definition) is 4. The predicted octanol–water partition coefficient (Wildman–Crippen LogP) is 2.46. The molecule has 106 valence electrons. The number of amides is 1. The lowest BCUT2D eigenvalue weighted by Crippen LogP contribution is -2.36. The average molecular weight is 274 g/mol. The minimum Gasteiger partial charge on any atom is -0.449 e. The third-order valence-electron chi connectivity index (χ3n) is 3.12. The van der Waals surface area contributed by atoms with Gasteiger partial charge in [0.05, 0.1) is 19.4 Å². The summed E-state index contributed by atoms with van der Waals surface area (Å²) < 4.78 is 5.26. The van der Waals surface area contributed by atoms with E-state index in [1.807, 2.05) is 36.4 Å². The number of carbonyl (C=O) groups excluding carboxylic acids is 1. The molecule has 1 aromatic carbocycles. The molecule has 0 unspecified atom stereocenters. The van der Waals surface area contributed by atoms with E-state index in [0.29, 0.717) is 26.1 Å². The Bertz CT molecular complexity index is 497. The molecule has 20 heavy (non-hydrogen) atoms. The molecule has 5 nitrogen and oxygen atoms in total. The van der Waals surface area contributed by atoms with Gasteiger partial charge < -0.3 is 14.8 Å². The highest BCUT2D eigenvalue weighted by Crippen LogP contribution is 2.10. The number of ether oxygens (including phenoxy) is 1. The van der Waals surface area contributed by atoms with E-state index in [1.165, 1.54) is 6.21 Å². The monoisotopic (exact) mass is 274 g/mol. The molecule has 1 N–H and O–H groups in total. The van der Waals surface area contributed by atoms with E-state index in [2.05, 4.69) is 5.16 Å². The number of hydrogen-bond donors (Lipinski definition) is 1. The summed E-state index contributed by atoms with van der Waals surface area (Å²) in [6, 6.07) is 9.90. The number of oxime groups is 1. The fourth-order valence-corrected chi connectivity index (χ4v) is 2.09. The van der Waals surface area contributed by atoms with Gasteiger partial charge >= 0.3 is 6.09 Å². The Labute approximate surface area is 118 Å². The van der Waals surface area contributed by atoms with E-state index in [4.69, 9.17) is 9.94 Å². The Morgan fingerprint density at radius 1 is 1.40 bits per heavy atom. The molecular formula is C15H18N2O3. The summed E-state index contributed by atoms with van der Waals surface area (Å²) in [6.07, 6.45) is 4.44. The van der Waals surface area contributed by atoms with Crippen LogP contribution >= 0.6 is 0 Å². The topological polar surface area (TPSA) is 62.1 Å². The van der Waals surface area contributed by atoms with Crippen LogP contribution in [0.4, 0.5) is 4.79 Å². The van der Waals surface area contributed by atoms with Gasteiger partial charge in [0.1, 0.15) is 0 Å². The first-order chi connectivity index (χ1) is 9.79. The molecule has 0 bridgehead atoms. The van der Waals surface area contributed by atoms with Gasteiger partial charge in [-0.2, -0.15) is 0 Å². The van der Waals surface area contributed by atoms with E-state index < -0.39 is 0 Å². The fourth-order valence-electron chi connectivity index (χ4n) is 2.09. The lowest BCUT2D eigenvalue weighted by atomic mass is 10.1. The molecule has 1 amide bonds. The van der Waals surface area contributed by atoms with Crippen molar-refractivity contribution in [3.63, 3.8) is 0 Å². The third-order valence-corrected chi connectivity index (χ3v) is 3.12. The van der Waals surface area contributed by atoms with Crippen molar-refractivity contribution < 1.29 is 14.7 Å². The van der Waals surface area contributed by atoms with Crippen molar-refractivity contribution in [2.45, 2.75) is 12.8 Å². The highest BCUT2D eigenvalue weighted by Gasteiger charge is 2.18. The van der Waals surface area contributed by atoms with E-state index in [1.54, 1.807) is 4.90 Å². The maximum atomic E-state index is 11.9. The number of carbonyl (C=O) groups is 1. The summed E-state index contributed by atoms with van der Waals surface area (Å²) >= 11 is 0. The summed E-state index contributed by atoms with van der Waals surface area (Å²) in [4.78, 5) is 13.5. The summed E-state index contributed by atoms with van der Waals surface area (Å²) in [6.45, 7) is 1.42. The summed E-state index contributed by atoms with van der Waals surface area (Å²) in [5, 5.41) is 11.5. The van der Waals surface area contributed by atoms with Gasteiger partial charge in [-0.15, -0.1) is 0 Å². The Kier molecular flexibility index (Phi) is 5.17. The molecule has 1 aromatic rings. The van der Waals surface area contributed by atoms with Gasteiger partial charge in [-0.05, 0) is 17.6 Å². The van der Waals surface area contributed by atoms with Crippen molar-refractivity contribution in [1.29, 1.82) is 0 Å². The quantitative estimate of drug-likeness (QED) is 0.521. The minimum atomic E-state index is -0.321. The van der Waals surface area contributed by atoms with Gasteiger partial charge in [0, 0.05) is 13.0 Å². The molecular weight excluding hydrogens is 256 g/mol. The molecule has 1 aliphatic heterocycles. The average Bonchev–Trinajstić information content (AvgIpc) is 2.49. The number of rotatable bonds is 4. The van der Waals surface area contributed by atoms with Crippen LogP contribution in [0, 0.1) is 0 Å². The van der Waals surface area contributed by atoms with Crippen LogP contribution in [-0.2, 0) is 11.2 Å². The van der Waals surface area contributed by atoms with Crippen LogP contribution in [-0.4, -0.2) is 42.1 Å². The van der Waals surface area contributed by atoms with Crippen molar-refractivity contribution in [3.8, 4) is 0 Å². The number of benzene rings is 1. The first-order valence-corrected chi connectivity index (χ1v) is 6.61. The standard InChI is InChI=1S/C15H18N2O3/c18-15(17-9-4-7-14(12-17)11-16-19)20-10-8-13-5-2-1-3-6-13/h1-3,5-7,11,19H,4,8-10,12H2. The Morgan fingerprint density at radius 2 is 2.20 bits per heavy atom. The van der Waals surface area contributed by atoms with Gasteiger partial charge in [-0.1, -0.05) is 41.6 Å². The fraction of sp³-hybridized carbons (Fsp3) is 0.333. The van der Waals surface area contributed by atoms with E-state index >= 15 is 0 Å². The van der Waals surface area contributed by atoms with Crippen LogP contribution in [0.25, 0.3) is 0 Å².